The number of thiocarbonyl (C=S) groups is 1. The van der Waals surface area contributed by atoms with E-state index in [4.69, 9.17) is 17.0 Å². The standard InChI is InChI=1S/C19H16N2O7S3.2Na/c1-11(8-14-18(24)20(9-17(22)23)19(29)30-14)6-7-15-21(10-16(21)31(25,26)27)12-4-2-3-5-13(12)28-15;;/h2-8,16H,9-10H2,1H3,(H-,22,23,25,26,27);;/q;2*+1/p-1/b11-6+,14-8+,15-7-;;. The van der Waals surface area contributed by atoms with Crippen LogP contribution in [0.15, 0.2) is 58.9 Å². The van der Waals surface area contributed by atoms with Crippen molar-refractivity contribution < 1.29 is 91.5 Å². The minimum atomic E-state index is -4.54. The molecule has 1 amide bonds. The first kappa shape index (κ1) is 28.7. The molecule has 0 aliphatic carbocycles. The molecule has 3 aliphatic rings. The summed E-state index contributed by atoms with van der Waals surface area (Å²) in [5.41, 5.74) is 1.22. The second-order valence-corrected chi connectivity index (χ2v) is 10.3. The van der Waals surface area contributed by atoms with Gasteiger partial charge in [0.1, 0.15) is 4.32 Å². The zero-order valence-corrected chi connectivity index (χ0v) is 24.5. The third kappa shape index (κ3) is 5.51. The first-order valence-electron chi connectivity index (χ1n) is 8.98. The molecule has 2 atom stereocenters. The molecular weight excluding hydrogens is 510 g/mol. The van der Waals surface area contributed by atoms with Crippen molar-refractivity contribution in [2.24, 2.45) is 0 Å². The van der Waals surface area contributed by atoms with Gasteiger partial charge in [-0.3, -0.25) is 9.69 Å². The Bertz CT molecular complexity index is 1230. The van der Waals surface area contributed by atoms with Crippen LogP contribution in [0, 0.1) is 0 Å². The third-order valence-electron chi connectivity index (χ3n) is 5.05. The monoisotopic (exact) mass is 525 g/mol. The Labute approximate surface area is 244 Å². The fraction of sp³-hybridized carbons (Fsp3) is 0.211. The van der Waals surface area contributed by atoms with E-state index < -0.39 is 33.9 Å². The van der Waals surface area contributed by atoms with Gasteiger partial charge in [-0.15, -0.1) is 0 Å². The number of hydrogen-bond acceptors (Lipinski definition) is 9. The van der Waals surface area contributed by atoms with Gasteiger partial charge in [-0.25, -0.2) is 8.42 Å². The van der Waals surface area contributed by atoms with Crippen molar-refractivity contribution in [1.29, 1.82) is 0 Å². The van der Waals surface area contributed by atoms with Crippen molar-refractivity contribution >= 4 is 56.0 Å². The summed E-state index contributed by atoms with van der Waals surface area (Å²) in [6.07, 6.45) is 4.74. The second-order valence-electron chi connectivity index (χ2n) is 7.12. The van der Waals surface area contributed by atoms with E-state index in [0.29, 0.717) is 22.9 Å². The Balaban J connectivity index is 0.00000193. The zero-order chi connectivity index (χ0) is 22.6. The average Bonchev–Trinajstić information content (AvgIpc) is 3.31. The van der Waals surface area contributed by atoms with Gasteiger partial charge in [0.25, 0.3) is 5.91 Å². The molecule has 4 rings (SSSR count). The molecular formula is C19H15N2Na2O7S3+. The Kier molecular flexibility index (Phi) is 9.25. The van der Waals surface area contributed by atoms with Crippen LogP contribution in [0.3, 0.4) is 0 Å². The minimum absolute atomic E-state index is 0. The molecule has 2 saturated heterocycles. The maximum absolute atomic E-state index is 12.3. The number of fused-ring (bicyclic) bond motifs is 2. The average molecular weight is 526 g/mol. The fourth-order valence-electron chi connectivity index (χ4n) is 3.57. The number of thioether (sulfide) groups is 1. The van der Waals surface area contributed by atoms with Crippen LogP contribution < -0.4 is 73.4 Å². The minimum Gasteiger partial charge on any atom is -0.743 e. The molecule has 33 heavy (non-hydrogen) atoms. The van der Waals surface area contributed by atoms with Crippen LogP contribution in [0.25, 0.3) is 0 Å². The van der Waals surface area contributed by atoms with Crippen LogP contribution in [-0.2, 0) is 19.7 Å². The molecule has 1 spiro atoms. The quantitative estimate of drug-likeness (QED) is 0.0925. The number of quaternary nitrogens is 1. The van der Waals surface area contributed by atoms with Crippen molar-refractivity contribution in [2.45, 2.75) is 12.3 Å². The molecule has 3 aliphatic heterocycles. The van der Waals surface area contributed by atoms with Crippen molar-refractivity contribution in [3.8, 4) is 5.75 Å². The summed E-state index contributed by atoms with van der Waals surface area (Å²) in [5, 5.41) is 9.63. The molecule has 9 nitrogen and oxygen atoms in total. The maximum Gasteiger partial charge on any atom is 1.00 e. The summed E-state index contributed by atoms with van der Waals surface area (Å²) in [6.45, 7) is 1.17. The molecule has 0 saturated carbocycles. The Morgan fingerprint density at radius 3 is 2.64 bits per heavy atom. The van der Waals surface area contributed by atoms with Crippen LogP contribution in [-0.4, -0.2) is 52.5 Å². The summed E-state index contributed by atoms with van der Waals surface area (Å²) < 4.78 is 40.8. The Hall–Kier alpha value is -0.510. The molecule has 2 fully saturated rings. The number of hydrogen-bond donors (Lipinski definition) is 0. The molecule has 2 unspecified atom stereocenters. The number of amides is 1. The predicted molar refractivity (Wildman–Crippen MR) is 114 cm³/mol. The van der Waals surface area contributed by atoms with E-state index in [1.807, 2.05) is 0 Å². The van der Waals surface area contributed by atoms with E-state index in [1.54, 1.807) is 49.4 Å². The van der Waals surface area contributed by atoms with Gasteiger partial charge in [0.2, 0.25) is 5.37 Å². The van der Waals surface area contributed by atoms with Crippen molar-refractivity contribution in [3.05, 3.63) is 58.9 Å². The van der Waals surface area contributed by atoms with Crippen LogP contribution in [0.1, 0.15) is 6.92 Å². The Morgan fingerprint density at radius 1 is 1.36 bits per heavy atom. The van der Waals surface area contributed by atoms with Gasteiger partial charge < -0.3 is 19.2 Å². The number of carbonyl (C=O) groups is 2. The number of para-hydroxylation sites is 2. The first-order valence-corrected chi connectivity index (χ1v) is 11.7. The first-order chi connectivity index (χ1) is 14.5. The van der Waals surface area contributed by atoms with Gasteiger partial charge in [-0.1, -0.05) is 36.1 Å². The van der Waals surface area contributed by atoms with Crippen LogP contribution in [0.2, 0.25) is 0 Å². The molecule has 0 radical (unpaired) electrons. The second kappa shape index (κ2) is 10.6. The molecule has 162 valence electrons. The van der Waals surface area contributed by atoms with Crippen molar-refractivity contribution in [2.75, 3.05) is 13.1 Å². The van der Waals surface area contributed by atoms with Crippen LogP contribution >= 0.6 is 24.0 Å². The molecule has 0 bridgehead atoms. The molecule has 0 N–H and O–H groups in total. The van der Waals surface area contributed by atoms with Crippen LogP contribution in [0.4, 0.5) is 5.69 Å². The molecule has 1 aromatic rings. The SMILES string of the molecule is CC(=C\C=C1/Oc2ccccc2[N+]12CC2S(=O)(=O)[O-])/C=C1/SC(=S)N(CC(=O)[O-])C1=O.[Na+].[Na+]. The van der Waals surface area contributed by atoms with E-state index in [1.165, 1.54) is 0 Å². The van der Waals surface area contributed by atoms with Gasteiger partial charge >= 0.3 is 65.0 Å². The smallest absolute Gasteiger partial charge is 0.743 e. The number of benzene rings is 1. The fourth-order valence-corrected chi connectivity index (χ4v) is 5.95. The summed E-state index contributed by atoms with van der Waals surface area (Å²) in [5.74, 6) is -1.17. The summed E-state index contributed by atoms with van der Waals surface area (Å²) in [7, 11) is -4.54. The summed E-state index contributed by atoms with van der Waals surface area (Å²) in [6, 6.07) is 6.91. The topological polar surface area (TPSA) is 127 Å². The normalized spacial score (nSPS) is 26.2. The molecule has 1 aromatic carbocycles. The van der Waals surface area contributed by atoms with Gasteiger partial charge in [-0.05, 0) is 30.7 Å². The predicted octanol–water partition coefficient (Wildman–Crippen LogP) is -5.44. The van der Waals surface area contributed by atoms with E-state index in [0.717, 1.165) is 16.7 Å². The molecule has 14 heteroatoms. The van der Waals surface area contributed by atoms with E-state index in [-0.39, 0.29) is 79.4 Å². The number of nitrogens with zero attached hydrogens (tertiary/aromatic N) is 2. The van der Waals surface area contributed by atoms with Crippen LogP contribution in [0.5, 0.6) is 5.75 Å². The number of rotatable bonds is 5. The largest absolute Gasteiger partial charge is 1.00 e. The van der Waals surface area contributed by atoms with E-state index >= 15 is 0 Å². The van der Waals surface area contributed by atoms with Crippen molar-refractivity contribution in [3.63, 3.8) is 0 Å². The number of carboxylic acids is 1. The number of ether oxygens (including phenoxy) is 1. The number of allylic oxidation sites excluding steroid dienone is 4. The maximum atomic E-state index is 12.3. The summed E-state index contributed by atoms with van der Waals surface area (Å²) >= 11 is 6.02. The van der Waals surface area contributed by atoms with E-state index in [9.17, 15) is 27.7 Å². The van der Waals surface area contributed by atoms with Gasteiger partial charge in [0.05, 0.1) is 17.4 Å². The van der Waals surface area contributed by atoms with Gasteiger partial charge in [0, 0.05) is 12.1 Å². The number of carbonyl (C=O) groups excluding carboxylic acids is 2. The number of carboxylic acid groups (broad SMARTS) is 1. The third-order valence-corrected chi connectivity index (χ3v) is 7.60. The van der Waals surface area contributed by atoms with Crippen molar-refractivity contribution in [1.82, 2.24) is 9.38 Å². The number of aliphatic carboxylic acids is 1. The zero-order valence-electron chi connectivity index (χ0n) is 18.0. The van der Waals surface area contributed by atoms with Gasteiger partial charge in [0.15, 0.2) is 28.1 Å². The van der Waals surface area contributed by atoms with E-state index in [2.05, 4.69) is 0 Å². The Morgan fingerprint density at radius 2 is 2.03 bits per heavy atom. The molecule has 0 aromatic heterocycles. The summed E-state index contributed by atoms with van der Waals surface area (Å²) in [4.78, 5) is 24.3. The van der Waals surface area contributed by atoms with Gasteiger partial charge in [-0.2, -0.15) is 4.48 Å². The molecule has 3 heterocycles.